The minimum Gasteiger partial charge on any atom is -0.370 e. The molecule has 0 atom stereocenters. The van der Waals surface area contributed by atoms with E-state index in [1.807, 2.05) is 6.07 Å². The lowest BCUT2D eigenvalue weighted by Crippen LogP contribution is -2.30. The van der Waals surface area contributed by atoms with E-state index in [4.69, 9.17) is 22.1 Å². The first-order valence-corrected chi connectivity index (χ1v) is 4.91. The minimum absolute atomic E-state index is 0.0210. The number of nitrogens with zero attached hydrogens (tertiary/aromatic N) is 3. The summed E-state index contributed by atoms with van der Waals surface area (Å²) in [5.74, 6) is -0.167. The minimum atomic E-state index is -0.146. The van der Waals surface area contributed by atoms with Crippen LogP contribution < -0.4 is 11.5 Å². The molecular formula is C11H14N6. The lowest BCUT2D eigenvalue weighted by Gasteiger charge is -2.16. The van der Waals surface area contributed by atoms with Gasteiger partial charge in [0, 0.05) is 13.6 Å². The Bertz CT molecular complexity index is 481. The highest BCUT2D eigenvalue weighted by molar-refractivity contribution is 5.91. The molecule has 0 aliphatic rings. The van der Waals surface area contributed by atoms with Crippen LogP contribution in [0.5, 0.6) is 0 Å². The van der Waals surface area contributed by atoms with Crippen molar-refractivity contribution in [3.8, 4) is 6.07 Å². The van der Waals surface area contributed by atoms with Crippen LogP contribution >= 0.6 is 0 Å². The van der Waals surface area contributed by atoms with E-state index in [2.05, 4.69) is 11.1 Å². The number of hydrogen-bond donors (Lipinski definition) is 3. The van der Waals surface area contributed by atoms with Gasteiger partial charge in [-0.05, 0) is 17.7 Å². The van der Waals surface area contributed by atoms with Gasteiger partial charge in [-0.25, -0.2) is 0 Å². The van der Waals surface area contributed by atoms with Gasteiger partial charge < -0.3 is 16.4 Å². The number of benzene rings is 1. The Balaban J connectivity index is 2.74. The fourth-order valence-electron chi connectivity index (χ4n) is 1.30. The molecule has 0 unspecified atom stereocenters. The van der Waals surface area contributed by atoms with E-state index in [-0.39, 0.29) is 11.9 Å². The quantitative estimate of drug-likeness (QED) is 0.497. The van der Waals surface area contributed by atoms with Gasteiger partial charge in [0.1, 0.15) is 0 Å². The van der Waals surface area contributed by atoms with Gasteiger partial charge in [-0.15, -0.1) is 0 Å². The first-order chi connectivity index (χ1) is 8.02. The van der Waals surface area contributed by atoms with Crippen LogP contribution in [0.2, 0.25) is 0 Å². The lowest BCUT2D eigenvalue weighted by molar-refractivity contribution is 0.491. The lowest BCUT2D eigenvalue weighted by atomic mass is 10.1. The first-order valence-electron chi connectivity index (χ1n) is 4.91. The van der Waals surface area contributed by atoms with Gasteiger partial charge in [0.25, 0.3) is 0 Å². The molecule has 0 bridgehead atoms. The molecule has 6 nitrogen and oxygen atoms in total. The summed E-state index contributed by atoms with van der Waals surface area (Å²) in [5, 5.41) is 16.3. The predicted molar refractivity (Wildman–Crippen MR) is 66.2 cm³/mol. The number of guanidine groups is 2. The van der Waals surface area contributed by atoms with Crippen molar-refractivity contribution in [2.45, 2.75) is 6.54 Å². The maximum Gasteiger partial charge on any atom is 0.221 e. The van der Waals surface area contributed by atoms with Gasteiger partial charge in [0.2, 0.25) is 5.96 Å². The van der Waals surface area contributed by atoms with Gasteiger partial charge in [-0.1, -0.05) is 12.1 Å². The molecule has 0 aromatic heterocycles. The molecule has 5 N–H and O–H groups in total. The third kappa shape index (κ3) is 3.83. The molecule has 0 radical (unpaired) electrons. The van der Waals surface area contributed by atoms with E-state index in [1.165, 1.54) is 0 Å². The Morgan fingerprint density at radius 3 is 2.82 bits per heavy atom. The highest BCUT2D eigenvalue weighted by Crippen LogP contribution is 2.07. The average molecular weight is 230 g/mol. The molecular weight excluding hydrogens is 216 g/mol. The molecule has 1 rings (SSSR count). The zero-order chi connectivity index (χ0) is 12.8. The maximum atomic E-state index is 8.76. The summed E-state index contributed by atoms with van der Waals surface area (Å²) in [5.41, 5.74) is 11.9. The van der Waals surface area contributed by atoms with Crippen molar-refractivity contribution in [2.75, 3.05) is 7.05 Å². The van der Waals surface area contributed by atoms with Crippen LogP contribution in [0, 0.1) is 16.7 Å². The third-order valence-electron chi connectivity index (χ3n) is 2.07. The summed E-state index contributed by atoms with van der Waals surface area (Å²) in [7, 11) is 1.70. The Kier molecular flexibility index (Phi) is 4.06. The first kappa shape index (κ1) is 12.5. The molecule has 1 aromatic rings. The molecule has 17 heavy (non-hydrogen) atoms. The average Bonchev–Trinajstić information content (AvgIpc) is 2.28. The molecule has 0 amide bonds. The number of aliphatic imine (C=N–C) groups is 1. The predicted octanol–water partition coefficient (Wildman–Crippen LogP) is 0.198. The van der Waals surface area contributed by atoms with Crippen molar-refractivity contribution < 1.29 is 0 Å². The fourth-order valence-corrected chi connectivity index (χ4v) is 1.30. The Labute approximate surface area is 99.7 Å². The van der Waals surface area contributed by atoms with Crippen LogP contribution in [0.4, 0.5) is 0 Å². The van der Waals surface area contributed by atoms with Crippen molar-refractivity contribution in [2.24, 2.45) is 16.5 Å². The van der Waals surface area contributed by atoms with E-state index >= 15 is 0 Å². The summed E-state index contributed by atoms with van der Waals surface area (Å²) in [6, 6.07) is 9.23. The topological polar surface area (TPSA) is 115 Å². The van der Waals surface area contributed by atoms with Crippen LogP contribution in [0.25, 0.3) is 0 Å². The summed E-state index contributed by atoms with van der Waals surface area (Å²) in [6.07, 6.45) is 0. The van der Waals surface area contributed by atoms with E-state index in [0.717, 1.165) is 5.56 Å². The summed E-state index contributed by atoms with van der Waals surface area (Å²) < 4.78 is 0. The Morgan fingerprint density at radius 1 is 1.53 bits per heavy atom. The second-order valence-corrected chi connectivity index (χ2v) is 3.53. The molecule has 0 spiro atoms. The SMILES string of the molecule is CN(Cc1cccc(C#N)c1)C(=N)N=C(N)N. The standard InChI is InChI=1S/C11H14N6/c1-17(11(15)16-10(13)14)7-9-4-2-3-8(5-9)6-12/h2-5H,7H2,1H3,(H5,13,14,15,16). The molecule has 0 fully saturated rings. The zero-order valence-corrected chi connectivity index (χ0v) is 9.51. The number of rotatable bonds is 2. The van der Waals surface area contributed by atoms with Gasteiger partial charge in [-0.3, -0.25) is 5.41 Å². The normalized spacial score (nSPS) is 9.18. The van der Waals surface area contributed by atoms with Crippen molar-refractivity contribution in [3.63, 3.8) is 0 Å². The van der Waals surface area contributed by atoms with Crippen LogP contribution in [0.1, 0.15) is 11.1 Å². The van der Waals surface area contributed by atoms with E-state index in [9.17, 15) is 0 Å². The Morgan fingerprint density at radius 2 is 2.24 bits per heavy atom. The number of nitrogens with one attached hydrogen (secondary N) is 1. The summed E-state index contributed by atoms with van der Waals surface area (Å²) >= 11 is 0. The van der Waals surface area contributed by atoms with Crippen LogP contribution in [-0.4, -0.2) is 23.9 Å². The smallest absolute Gasteiger partial charge is 0.221 e. The second kappa shape index (κ2) is 5.51. The van der Waals surface area contributed by atoms with E-state index < -0.39 is 0 Å². The highest BCUT2D eigenvalue weighted by Gasteiger charge is 2.05. The zero-order valence-electron chi connectivity index (χ0n) is 9.51. The molecule has 6 heteroatoms. The van der Waals surface area contributed by atoms with E-state index in [1.54, 1.807) is 30.1 Å². The largest absolute Gasteiger partial charge is 0.370 e. The number of nitrogens with two attached hydrogens (primary N) is 2. The molecule has 0 heterocycles. The van der Waals surface area contributed by atoms with Crippen LogP contribution in [0.3, 0.4) is 0 Å². The fraction of sp³-hybridized carbons (Fsp3) is 0.182. The molecule has 0 saturated carbocycles. The number of nitriles is 1. The van der Waals surface area contributed by atoms with E-state index in [0.29, 0.717) is 12.1 Å². The van der Waals surface area contributed by atoms with Crippen molar-refractivity contribution in [1.29, 1.82) is 10.7 Å². The van der Waals surface area contributed by atoms with Crippen LogP contribution in [0.15, 0.2) is 29.3 Å². The van der Waals surface area contributed by atoms with Crippen molar-refractivity contribution >= 4 is 11.9 Å². The number of hydrogen-bond acceptors (Lipinski definition) is 2. The molecule has 0 saturated heterocycles. The highest BCUT2D eigenvalue weighted by atomic mass is 15.2. The van der Waals surface area contributed by atoms with Gasteiger partial charge in [0.15, 0.2) is 5.96 Å². The van der Waals surface area contributed by atoms with Crippen molar-refractivity contribution in [3.05, 3.63) is 35.4 Å². The molecule has 88 valence electrons. The van der Waals surface area contributed by atoms with Crippen LogP contribution in [-0.2, 0) is 6.54 Å². The summed E-state index contributed by atoms with van der Waals surface area (Å²) in [4.78, 5) is 5.21. The molecule has 1 aromatic carbocycles. The molecule has 0 aliphatic carbocycles. The van der Waals surface area contributed by atoms with Gasteiger partial charge in [-0.2, -0.15) is 10.3 Å². The maximum absolute atomic E-state index is 8.76. The van der Waals surface area contributed by atoms with Crippen molar-refractivity contribution in [1.82, 2.24) is 4.90 Å². The Hall–Kier alpha value is -2.55. The second-order valence-electron chi connectivity index (χ2n) is 3.53. The third-order valence-corrected chi connectivity index (χ3v) is 2.07. The molecule has 0 aliphatic heterocycles. The monoisotopic (exact) mass is 230 g/mol. The van der Waals surface area contributed by atoms with Gasteiger partial charge >= 0.3 is 0 Å². The van der Waals surface area contributed by atoms with Gasteiger partial charge in [0.05, 0.1) is 11.6 Å². The summed E-state index contributed by atoms with van der Waals surface area (Å²) in [6.45, 7) is 0.463.